The maximum absolute atomic E-state index is 13.7. The molecule has 8 nitrogen and oxygen atoms in total. The molecule has 1 aromatic carbocycles. The Kier molecular flexibility index (Phi) is 9.68. The smallest absolute Gasteiger partial charge is 0.225 e. The second kappa shape index (κ2) is 13.8. The van der Waals surface area contributed by atoms with Crippen molar-refractivity contribution in [2.24, 2.45) is 11.8 Å². The average molecular weight is 546 g/mol. The summed E-state index contributed by atoms with van der Waals surface area (Å²) >= 11 is 0. The molecule has 3 fully saturated rings. The summed E-state index contributed by atoms with van der Waals surface area (Å²) in [6.45, 7) is 4.12. The van der Waals surface area contributed by atoms with E-state index >= 15 is 0 Å². The van der Waals surface area contributed by atoms with E-state index in [1.807, 2.05) is 46.2 Å². The van der Waals surface area contributed by atoms with Gasteiger partial charge in [-0.3, -0.25) is 14.4 Å². The molecule has 3 amide bonds. The van der Waals surface area contributed by atoms with Crippen LogP contribution in [-0.2, 0) is 20.8 Å². The van der Waals surface area contributed by atoms with Gasteiger partial charge in [-0.15, -0.1) is 0 Å². The fourth-order valence-corrected chi connectivity index (χ4v) is 6.61. The number of benzene rings is 1. The van der Waals surface area contributed by atoms with Crippen molar-refractivity contribution in [2.75, 3.05) is 44.2 Å². The molecular weight excluding hydrogens is 502 g/mol. The molecule has 2 aliphatic heterocycles. The Balaban J connectivity index is 1.24. The van der Waals surface area contributed by atoms with Crippen LogP contribution in [0, 0.1) is 11.8 Å². The number of aromatic nitrogens is 1. The van der Waals surface area contributed by atoms with E-state index in [0.717, 1.165) is 57.4 Å². The van der Waals surface area contributed by atoms with Crippen LogP contribution in [0.15, 0.2) is 54.7 Å². The molecule has 3 heterocycles. The summed E-state index contributed by atoms with van der Waals surface area (Å²) in [6, 6.07) is 15.9. The van der Waals surface area contributed by atoms with Gasteiger partial charge in [0, 0.05) is 63.8 Å². The Bertz CT molecular complexity index is 1120. The molecule has 2 saturated heterocycles. The summed E-state index contributed by atoms with van der Waals surface area (Å²) in [5.41, 5.74) is 1.24. The first-order valence-corrected chi connectivity index (χ1v) is 15.2. The molecule has 3 atom stereocenters. The molecule has 214 valence electrons. The number of nitrogens with one attached hydrogen (secondary N) is 1. The van der Waals surface area contributed by atoms with Crippen molar-refractivity contribution in [2.45, 2.75) is 63.8 Å². The van der Waals surface area contributed by atoms with E-state index in [-0.39, 0.29) is 35.6 Å². The maximum Gasteiger partial charge on any atom is 0.225 e. The molecule has 2 aromatic rings. The van der Waals surface area contributed by atoms with Crippen LogP contribution in [0.5, 0.6) is 0 Å². The van der Waals surface area contributed by atoms with Crippen LogP contribution in [0.25, 0.3) is 0 Å². The zero-order valence-corrected chi connectivity index (χ0v) is 23.5. The SMILES string of the molecule is O=C1NCCCCCCN(C(=O)CCCc2ccccc2)[C@H]2C[C@H](C(=O)N3CCN(c4ccccn4)CC3)C[C@@H]12. The molecular formula is C32H43N5O3. The summed E-state index contributed by atoms with van der Waals surface area (Å²) in [5.74, 6) is 0.628. The summed E-state index contributed by atoms with van der Waals surface area (Å²) < 4.78 is 0. The average Bonchev–Trinajstić information content (AvgIpc) is 3.43. The Labute approximate surface area is 238 Å². The van der Waals surface area contributed by atoms with E-state index in [9.17, 15) is 14.4 Å². The predicted octanol–water partition coefficient (Wildman–Crippen LogP) is 3.67. The van der Waals surface area contributed by atoms with Crippen LogP contribution in [-0.4, -0.2) is 77.8 Å². The van der Waals surface area contributed by atoms with Gasteiger partial charge in [0.2, 0.25) is 17.7 Å². The molecule has 1 aromatic heterocycles. The molecule has 3 aliphatic rings. The highest BCUT2D eigenvalue weighted by Gasteiger charge is 2.46. The highest BCUT2D eigenvalue weighted by molar-refractivity contribution is 5.85. The van der Waals surface area contributed by atoms with Crippen LogP contribution < -0.4 is 10.2 Å². The topological polar surface area (TPSA) is 85.8 Å². The van der Waals surface area contributed by atoms with Gasteiger partial charge in [0.25, 0.3) is 0 Å². The molecule has 0 radical (unpaired) electrons. The van der Waals surface area contributed by atoms with Gasteiger partial charge in [-0.2, -0.15) is 0 Å². The minimum Gasteiger partial charge on any atom is -0.356 e. The Morgan fingerprint density at radius 2 is 1.65 bits per heavy atom. The number of hydrogen-bond donors (Lipinski definition) is 1. The van der Waals surface area contributed by atoms with E-state index in [0.29, 0.717) is 45.4 Å². The van der Waals surface area contributed by atoms with E-state index < -0.39 is 0 Å². The molecule has 0 unspecified atom stereocenters. The highest BCUT2D eigenvalue weighted by Crippen LogP contribution is 2.37. The van der Waals surface area contributed by atoms with Gasteiger partial charge in [-0.05, 0) is 56.2 Å². The van der Waals surface area contributed by atoms with Crippen molar-refractivity contribution in [3.05, 3.63) is 60.3 Å². The molecule has 1 aliphatic carbocycles. The fourth-order valence-electron chi connectivity index (χ4n) is 6.61. The molecule has 1 saturated carbocycles. The first kappa shape index (κ1) is 28.1. The maximum atomic E-state index is 13.7. The number of piperazine rings is 1. The molecule has 1 N–H and O–H groups in total. The normalized spacial score (nSPS) is 24.1. The first-order chi connectivity index (χ1) is 19.6. The number of carbonyl (C=O) groups is 3. The lowest BCUT2D eigenvalue weighted by molar-refractivity contribution is -0.138. The monoisotopic (exact) mass is 545 g/mol. The minimum absolute atomic E-state index is 0.00394. The third-order valence-electron chi connectivity index (χ3n) is 8.82. The fraction of sp³-hybridized carbons (Fsp3) is 0.562. The van der Waals surface area contributed by atoms with Crippen LogP contribution in [0.4, 0.5) is 5.82 Å². The minimum atomic E-state index is -0.333. The van der Waals surface area contributed by atoms with Gasteiger partial charge >= 0.3 is 0 Å². The zero-order valence-electron chi connectivity index (χ0n) is 23.5. The van der Waals surface area contributed by atoms with Crippen molar-refractivity contribution < 1.29 is 14.4 Å². The Hall–Kier alpha value is -3.42. The molecule has 40 heavy (non-hydrogen) atoms. The second-order valence-corrected chi connectivity index (χ2v) is 11.5. The van der Waals surface area contributed by atoms with Crippen LogP contribution in [0.1, 0.15) is 56.9 Å². The van der Waals surface area contributed by atoms with Gasteiger partial charge in [0.05, 0.1) is 5.92 Å². The highest BCUT2D eigenvalue weighted by atomic mass is 16.2. The first-order valence-electron chi connectivity index (χ1n) is 15.2. The van der Waals surface area contributed by atoms with Gasteiger partial charge in [0.15, 0.2) is 0 Å². The quantitative estimate of drug-likeness (QED) is 0.599. The van der Waals surface area contributed by atoms with E-state index in [1.54, 1.807) is 6.20 Å². The van der Waals surface area contributed by atoms with Gasteiger partial charge in [0.1, 0.15) is 5.82 Å². The van der Waals surface area contributed by atoms with Crippen LogP contribution in [0.2, 0.25) is 0 Å². The zero-order chi connectivity index (χ0) is 27.7. The second-order valence-electron chi connectivity index (χ2n) is 11.5. The molecule has 0 bridgehead atoms. The lowest BCUT2D eigenvalue weighted by Crippen LogP contribution is -2.50. The van der Waals surface area contributed by atoms with Crippen LogP contribution >= 0.6 is 0 Å². The third-order valence-corrected chi connectivity index (χ3v) is 8.82. The van der Waals surface area contributed by atoms with Crippen molar-refractivity contribution in [1.29, 1.82) is 0 Å². The van der Waals surface area contributed by atoms with E-state index in [4.69, 9.17) is 0 Å². The van der Waals surface area contributed by atoms with Gasteiger partial charge in [-0.25, -0.2) is 4.98 Å². The van der Waals surface area contributed by atoms with Gasteiger partial charge in [-0.1, -0.05) is 49.2 Å². The number of pyridine rings is 1. The summed E-state index contributed by atoms with van der Waals surface area (Å²) in [6.07, 6.45) is 8.99. The Morgan fingerprint density at radius 3 is 2.42 bits per heavy atom. The number of carbonyl (C=O) groups excluding carboxylic acids is 3. The van der Waals surface area contributed by atoms with Crippen molar-refractivity contribution in [3.63, 3.8) is 0 Å². The predicted molar refractivity (Wildman–Crippen MR) is 156 cm³/mol. The lowest BCUT2D eigenvalue weighted by Gasteiger charge is -2.36. The summed E-state index contributed by atoms with van der Waals surface area (Å²) in [5, 5.41) is 3.12. The largest absolute Gasteiger partial charge is 0.356 e. The number of rotatable bonds is 6. The molecule has 8 heteroatoms. The third kappa shape index (κ3) is 7.01. The standard InChI is InChI=1S/C32H43N5O3/c38-30(15-10-13-25-11-4-3-5-12-25)37-18-9-2-1-7-17-34-31(39)27-23-26(24-28(27)37)32(40)36-21-19-35(20-22-36)29-14-6-8-16-33-29/h3-6,8,11-12,14,16,26-28H,1-2,7,9-10,13,15,17-24H2,(H,34,39)/t26-,27-,28+/m1/s1. The van der Waals surface area contributed by atoms with Crippen LogP contribution in [0.3, 0.4) is 0 Å². The van der Waals surface area contributed by atoms with Gasteiger partial charge < -0.3 is 20.0 Å². The number of hydrogen-bond acceptors (Lipinski definition) is 5. The number of nitrogens with zero attached hydrogens (tertiary/aromatic N) is 4. The Morgan fingerprint density at radius 1 is 0.875 bits per heavy atom. The molecule has 0 spiro atoms. The van der Waals surface area contributed by atoms with Crippen molar-refractivity contribution in [3.8, 4) is 0 Å². The van der Waals surface area contributed by atoms with E-state index in [2.05, 4.69) is 27.3 Å². The number of aryl methyl sites for hydroxylation is 1. The van der Waals surface area contributed by atoms with E-state index in [1.165, 1.54) is 5.56 Å². The number of fused-ring (bicyclic) bond motifs is 1. The number of amides is 3. The molecule has 5 rings (SSSR count). The lowest BCUT2D eigenvalue weighted by atomic mass is 9.99. The van der Waals surface area contributed by atoms with Crippen molar-refractivity contribution >= 4 is 23.5 Å². The summed E-state index contributed by atoms with van der Waals surface area (Å²) in [4.78, 5) is 51.3. The number of anilines is 1. The summed E-state index contributed by atoms with van der Waals surface area (Å²) in [7, 11) is 0. The van der Waals surface area contributed by atoms with Crippen molar-refractivity contribution in [1.82, 2.24) is 20.1 Å².